The maximum atomic E-state index is 5.48. The normalized spacial score (nSPS) is 10.7. The first kappa shape index (κ1) is 10.3. The molecule has 0 aromatic carbocycles. The summed E-state index contributed by atoms with van der Waals surface area (Å²) in [6.45, 7) is 0.661. The van der Waals surface area contributed by atoms with Crippen molar-refractivity contribution >= 4 is 38.6 Å². The third-order valence-electron chi connectivity index (χ3n) is 1.80. The summed E-state index contributed by atoms with van der Waals surface area (Å²) in [6.07, 6.45) is 0.859. The molecule has 14 heavy (non-hydrogen) atoms. The van der Waals surface area contributed by atoms with Gasteiger partial charge in [0.2, 0.25) is 0 Å². The summed E-state index contributed by atoms with van der Waals surface area (Å²) < 4.78 is 1.12. The van der Waals surface area contributed by atoms with Crippen LogP contribution in [0, 0.1) is 0 Å². The van der Waals surface area contributed by atoms with E-state index in [0.717, 1.165) is 21.6 Å². The summed E-state index contributed by atoms with van der Waals surface area (Å²) in [5, 5.41) is 7.32. The molecule has 0 saturated heterocycles. The Hall–Kier alpha value is -0.230. The van der Waals surface area contributed by atoms with E-state index in [4.69, 9.17) is 5.73 Å². The fourth-order valence-electron chi connectivity index (χ4n) is 1.13. The smallest absolute Gasteiger partial charge is 0.125 e. The SMILES string of the molecule is NCCc1csc(-c2cscc2Br)n1. The van der Waals surface area contributed by atoms with E-state index in [1.807, 2.05) is 0 Å². The van der Waals surface area contributed by atoms with Crippen LogP contribution < -0.4 is 5.73 Å². The van der Waals surface area contributed by atoms with Crippen molar-refractivity contribution in [2.75, 3.05) is 6.54 Å². The van der Waals surface area contributed by atoms with E-state index in [0.29, 0.717) is 6.54 Å². The minimum atomic E-state index is 0.661. The third kappa shape index (κ3) is 2.06. The van der Waals surface area contributed by atoms with E-state index < -0.39 is 0 Å². The zero-order valence-corrected chi connectivity index (χ0v) is 10.6. The molecule has 2 heterocycles. The number of nitrogens with two attached hydrogens (primary N) is 1. The largest absolute Gasteiger partial charge is 0.330 e. The minimum Gasteiger partial charge on any atom is -0.330 e. The van der Waals surface area contributed by atoms with Gasteiger partial charge in [-0.3, -0.25) is 0 Å². The lowest BCUT2D eigenvalue weighted by Gasteiger charge is -1.91. The van der Waals surface area contributed by atoms with Gasteiger partial charge in [0.15, 0.2) is 0 Å². The predicted molar refractivity (Wildman–Crippen MR) is 65.9 cm³/mol. The highest BCUT2D eigenvalue weighted by Gasteiger charge is 2.08. The number of hydrogen-bond acceptors (Lipinski definition) is 4. The van der Waals surface area contributed by atoms with Gasteiger partial charge in [-0.15, -0.1) is 11.3 Å². The third-order valence-corrected chi connectivity index (χ3v) is 4.42. The lowest BCUT2D eigenvalue weighted by atomic mass is 10.3. The minimum absolute atomic E-state index is 0.661. The van der Waals surface area contributed by atoms with Gasteiger partial charge < -0.3 is 5.73 Å². The molecule has 5 heteroatoms. The lowest BCUT2D eigenvalue weighted by molar-refractivity contribution is 0.936. The molecule has 0 radical (unpaired) electrons. The summed E-state index contributed by atoms with van der Waals surface area (Å²) in [4.78, 5) is 4.52. The molecule has 0 spiro atoms. The Morgan fingerprint density at radius 3 is 2.86 bits per heavy atom. The average Bonchev–Trinajstić information content (AvgIpc) is 2.74. The van der Waals surface area contributed by atoms with Crippen LogP contribution in [0.3, 0.4) is 0 Å². The van der Waals surface area contributed by atoms with Gasteiger partial charge in [-0.25, -0.2) is 4.98 Å². The maximum Gasteiger partial charge on any atom is 0.125 e. The Morgan fingerprint density at radius 2 is 2.21 bits per heavy atom. The van der Waals surface area contributed by atoms with Crippen molar-refractivity contribution in [2.24, 2.45) is 5.73 Å². The summed E-state index contributed by atoms with van der Waals surface area (Å²) in [5.41, 5.74) is 7.75. The van der Waals surface area contributed by atoms with Gasteiger partial charge >= 0.3 is 0 Å². The molecule has 2 nitrogen and oxygen atoms in total. The van der Waals surface area contributed by atoms with Crippen molar-refractivity contribution in [2.45, 2.75) is 6.42 Å². The Labute approximate surface area is 98.9 Å². The first-order valence-corrected chi connectivity index (χ1v) is 6.79. The molecule has 0 amide bonds. The van der Waals surface area contributed by atoms with Crippen molar-refractivity contribution in [3.8, 4) is 10.6 Å². The zero-order chi connectivity index (χ0) is 9.97. The van der Waals surface area contributed by atoms with Crippen LogP contribution in [0.1, 0.15) is 5.69 Å². The fourth-order valence-corrected chi connectivity index (χ4v) is 3.68. The van der Waals surface area contributed by atoms with Gasteiger partial charge in [-0.05, 0) is 22.5 Å². The molecule has 0 aliphatic rings. The van der Waals surface area contributed by atoms with Crippen LogP contribution >= 0.6 is 38.6 Å². The molecule has 0 bridgehead atoms. The van der Waals surface area contributed by atoms with Crippen LogP contribution in [0.5, 0.6) is 0 Å². The van der Waals surface area contributed by atoms with Crippen LogP contribution in [0.25, 0.3) is 10.6 Å². The van der Waals surface area contributed by atoms with Gasteiger partial charge in [0.05, 0.1) is 5.69 Å². The number of thiophene rings is 1. The Bertz CT molecular complexity index is 422. The van der Waals surface area contributed by atoms with E-state index in [2.05, 4.69) is 37.1 Å². The van der Waals surface area contributed by atoms with Gasteiger partial charge in [0.1, 0.15) is 5.01 Å². The summed E-state index contributed by atoms with van der Waals surface area (Å²) in [7, 11) is 0. The Balaban J connectivity index is 2.29. The highest BCUT2D eigenvalue weighted by Crippen LogP contribution is 2.33. The molecule has 0 atom stereocenters. The lowest BCUT2D eigenvalue weighted by Crippen LogP contribution is -2.02. The molecule has 2 rings (SSSR count). The van der Waals surface area contributed by atoms with Crippen LogP contribution in [0.4, 0.5) is 0 Å². The standard InChI is InChI=1S/C9H9BrN2S2/c10-8-5-13-4-7(8)9-12-6(1-2-11)3-14-9/h3-5H,1-2,11H2. The molecule has 0 aliphatic carbocycles. The van der Waals surface area contributed by atoms with E-state index in [9.17, 15) is 0 Å². The van der Waals surface area contributed by atoms with Crippen molar-refractivity contribution in [3.63, 3.8) is 0 Å². The van der Waals surface area contributed by atoms with Gasteiger partial charge in [-0.2, -0.15) is 11.3 Å². The molecular formula is C9H9BrN2S2. The molecule has 0 aliphatic heterocycles. The molecule has 2 aromatic rings. The molecule has 2 aromatic heterocycles. The first-order chi connectivity index (χ1) is 6.81. The second-order valence-corrected chi connectivity index (χ2v) is 5.27. The monoisotopic (exact) mass is 288 g/mol. The summed E-state index contributed by atoms with van der Waals surface area (Å²) in [5.74, 6) is 0. The molecule has 2 N–H and O–H groups in total. The topological polar surface area (TPSA) is 38.9 Å². The number of thiazole rings is 1. The number of aromatic nitrogens is 1. The molecule has 0 fully saturated rings. The van der Waals surface area contributed by atoms with Gasteiger partial charge in [0.25, 0.3) is 0 Å². The summed E-state index contributed by atoms with van der Waals surface area (Å²) in [6, 6.07) is 0. The number of hydrogen-bond donors (Lipinski definition) is 1. The van der Waals surface area contributed by atoms with Crippen molar-refractivity contribution in [3.05, 3.63) is 26.3 Å². The average molecular weight is 289 g/mol. The Morgan fingerprint density at radius 1 is 1.36 bits per heavy atom. The predicted octanol–water partition coefficient (Wildman–Crippen LogP) is 3.14. The molecule has 0 unspecified atom stereocenters. The number of nitrogens with zero attached hydrogens (tertiary/aromatic N) is 1. The van der Waals surface area contributed by atoms with Gasteiger partial charge in [-0.1, -0.05) is 0 Å². The number of rotatable bonds is 3. The molecular weight excluding hydrogens is 280 g/mol. The van der Waals surface area contributed by atoms with Crippen LogP contribution in [0.15, 0.2) is 20.6 Å². The second-order valence-electron chi connectivity index (χ2n) is 2.82. The van der Waals surface area contributed by atoms with Crippen LogP contribution in [0.2, 0.25) is 0 Å². The highest BCUT2D eigenvalue weighted by atomic mass is 79.9. The summed E-state index contributed by atoms with van der Waals surface area (Å²) >= 11 is 6.85. The maximum absolute atomic E-state index is 5.48. The van der Waals surface area contributed by atoms with E-state index in [1.54, 1.807) is 22.7 Å². The quantitative estimate of drug-likeness (QED) is 0.942. The zero-order valence-electron chi connectivity index (χ0n) is 7.37. The van der Waals surface area contributed by atoms with E-state index >= 15 is 0 Å². The number of halogens is 1. The highest BCUT2D eigenvalue weighted by molar-refractivity contribution is 9.10. The molecule has 0 saturated carbocycles. The van der Waals surface area contributed by atoms with E-state index in [1.165, 1.54) is 5.56 Å². The van der Waals surface area contributed by atoms with Crippen LogP contribution in [-0.2, 0) is 6.42 Å². The second kappa shape index (κ2) is 4.53. The van der Waals surface area contributed by atoms with Crippen molar-refractivity contribution in [1.29, 1.82) is 0 Å². The first-order valence-electron chi connectivity index (χ1n) is 4.18. The Kier molecular flexibility index (Phi) is 3.33. The van der Waals surface area contributed by atoms with Crippen LogP contribution in [-0.4, -0.2) is 11.5 Å². The van der Waals surface area contributed by atoms with Crippen molar-refractivity contribution in [1.82, 2.24) is 4.98 Å². The van der Waals surface area contributed by atoms with E-state index in [-0.39, 0.29) is 0 Å². The fraction of sp³-hybridized carbons (Fsp3) is 0.222. The van der Waals surface area contributed by atoms with Gasteiger partial charge in [0, 0.05) is 32.6 Å². The molecule has 74 valence electrons. The van der Waals surface area contributed by atoms with Crippen molar-refractivity contribution < 1.29 is 0 Å².